The van der Waals surface area contributed by atoms with Gasteiger partial charge in [0, 0.05) is 25.5 Å². The van der Waals surface area contributed by atoms with Crippen LogP contribution in [0.4, 0.5) is 0 Å². The fourth-order valence-corrected chi connectivity index (χ4v) is 5.30. The number of sulfonamides is 2. The first-order valence-electron chi connectivity index (χ1n) is 9.84. The largest absolute Gasteiger partial charge is 0.481 e. The Morgan fingerprint density at radius 3 is 2.18 bits per heavy atom. The van der Waals surface area contributed by atoms with Crippen LogP contribution in [0.5, 0.6) is 0 Å². The van der Waals surface area contributed by atoms with Gasteiger partial charge in [0.25, 0.3) is 0 Å². The normalized spacial score (nSPS) is 12.1. The SMILES string of the molecule is CNS(=O)(=O)c1ccc(CN(Cc2cccc(CC(=O)O)c2)S(=O)(=O)c2cccnc2)cc1. The minimum absolute atomic E-state index is 0.0126. The molecule has 1 heterocycles. The summed E-state index contributed by atoms with van der Waals surface area (Å²) in [5.74, 6) is -0.983. The first-order chi connectivity index (χ1) is 15.6. The van der Waals surface area contributed by atoms with E-state index in [-0.39, 0.29) is 29.3 Å². The summed E-state index contributed by atoms with van der Waals surface area (Å²) >= 11 is 0. The number of nitrogens with zero attached hydrogens (tertiary/aromatic N) is 2. The number of nitrogens with one attached hydrogen (secondary N) is 1. The average molecular weight is 490 g/mol. The minimum atomic E-state index is -3.95. The summed E-state index contributed by atoms with van der Waals surface area (Å²) in [6.07, 6.45) is 2.55. The molecule has 0 fully saturated rings. The summed E-state index contributed by atoms with van der Waals surface area (Å²) in [5, 5.41) is 9.05. The van der Waals surface area contributed by atoms with E-state index in [0.29, 0.717) is 16.7 Å². The number of aromatic nitrogens is 1. The molecule has 0 spiro atoms. The summed E-state index contributed by atoms with van der Waals surface area (Å²) < 4.78 is 54.1. The molecule has 33 heavy (non-hydrogen) atoms. The maximum Gasteiger partial charge on any atom is 0.307 e. The first-order valence-corrected chi connectivity index (χ1v) is 12.8. The number of hydrogen-bond donors (Lipinski definition) is 2. The highest BCUT2D eigenvalue weighted by molar-refractivity contribution is 7.89. The molecule has 0 aliphatic heterocycles. The summed E-state index contributed by atoms with van der Waals surface area (Å²) in [6, 6.07) is 15.6. The lowest BCUT2D eigenvalue weighted by atomic mass is 10.1. The van der Waals surface area contributed by atoms with Gasteiger partial charge in [-0.15, -0.1) is 0 Å². The zero-order valence-corrected chi connectivity index (χ0v) is 19.4. The number of carboxylic acid groups (broad SMARTS) is 1. The zero-order valence-electron chi connectivity index (χ0n) is 17.7. The lowest BCUT2D eigenvalue weighted by Gasteiger charge is -2.23. The topological polar surface area (TPSA) is 134 Å². The molecular formula is C22H23N3O6S2. The molecule has 2 N–H and O–H groups in total. The van der Waals surface area contributed by atoms with E-state index in [2.05, 4.69) is 9.71 Å². The second kappa shape index (κ2) is 10.2. The van der Waals surface area contributed by atoms with Crippen LogP contribution in [0.25, 0.3) is 0 Å². The smallest absolute Gasteiger partial charge is 0.307 e. The van der Waals surface area contributed by atoms with Crippen molar-refractivity contribution in [2.45, 2.75) is 29.3 Å². The van der Waals surface area contributed by atoms with Crippen LogP contribution in [-0.2, 0) is 44.4 Å². The third kappa shape index (κ3) is 6.23. The highest BCUT2D eigenvalue weighted by atomic mass is 32.2. The second-order valence-corrected chi connectivity index (χ2v) is 11.0. The number of rotatable bonds is 10. The van der Waals surface area contributed by atoms with Crippen molar-refractivity contribution >= 4 is 26.0 Å². The fraction of sp³-hybridized carbons (Fsp3) is 0.182. The predicted octanol–water partition coefficient (Wildman–Crippen LogP) is 2.01. The Hall–Kier alpha value is -3.12. The molecule has 0 atom stereocenters. The van der Waals surface area contributed by atoms with Gasteiger partial charge in [-0.3, -0.25) is 9.78 Å². The molecule has 174 valence electrons. The fourth-order valence-electron chi connectivity index (χ4n) is 3.19. The van der Waals surface area contributed by atoms with Crippen LogP contribution in [0.1, 0.15) is 16.7 Å². The molecule has 3 rings (SSSR count). The zero-order chi connectivity index (χ0) is 24.1. The number of carboxylic acids is 1. The van der Waals surface area contributed by atoms with Crippen LogP contribution < -0.4 is 4.72 Å². The summed E-state index contributed by atoms with van der Waals surface area (Å²) in [5.41, 5.74) is 1.76. The molecule has 0 bridgehead atoms. The van der Waals surface area contributed by atoms with Crippen molar-refractivity contribution in [2.75, 3.05) is 7.05 Å². The molecular weight excluding hydrogens is 466 g/mol. The van der Waals surface area contributed by atoms with Crippen molar-refractivity contribution in [2.24, 2.45) is 0 Å². The van der Waals surface area contributed by atoms with E-state index >= 15 is 0 Å². The van der Waals surface area contributed by atoms with Crippen molar-refractivity contribution in [3.05, 3.63) is 89.7 Å². The molecule has 0 aliphatic rings. The van der Waals surface area contributed by atoms with Gasteiger partial charge in [0.2, 0.25) is 20.0 Å². The lowest BCUT2D eigenvalue weighted by Crippen LogP contribution is -2.30. The van der Waals surface area contributed by atoms with Crippen LogP contribution in [0.2, 0.25) is 0 Å². The Morgan fingerprint density at radius 2 is 1.58 bits per heavy atom. The Kier molecular flexibility index (Phi) is 7.59. The van der Waals surface area contributed by atoms with Gasteiger partial charge in [0.15, 0.2) is 0 Å². The van der Waals surface area contributed by atoms with Gasteiger partial charge in [-0.1, -0.05) is 36.4 Å². The second-order valence-electron chi connectivity index (χ2n) is 7.20. The Balaban J connectivity index is 1.95. The van der Waals surface area contributed by atoms with Gasteiger partial charge >= 0.3 is 5.97 Å². The van der Waals surface area contributed by atoms with Gasteiger partial charge in [0.05, 0.1) is 11.3 Å². The molecule has 0 saturated carbocycles. The van der Waals surface area contributed by atoms with E-state index in [0.717, 1.165) is 0 Å². The third-order valence-electron chi connectivity index (χ3n) is 4.84. The van der Waals surface area contributed by atoms with Crippen LogP contribution in [0.15, 0.2) is 82.8 Å². The van der Waals surface area contributed by atoms with E-state index < -0.39 is 26.0 Å². The van der Waals surface area contributed by atoms with Gasteiger partial charge in [-0.05, 0) is 48.0 Å². The van der Waals surface area contributed by atoms with Crippen molar-refractivity contribution in [1.82, 2.24) is 14.0 Å². The van der Waals surface area contributed by atoms with Crippen LogP contribution in [-0.4, -0.2) is 44.2 Å². The van der Waals surface area contributed by atoms with Gasteiger partial charge < -0.3 is 5.11 Å². The molecule has 0 unspecified atom stereocenters. The summed E-state index contributed by atoms with van der Waals surface area (Å²) in [4.78, 5) is 15.0. The van der Waals surface area contributed by atoms with E-state index in [1.54, 1.807) is 36.4 Å². The molecule has 9 nitrogen and oxygen atoms in total. The number of aliphatic carboxylic acids is 1. The molecule has 0 radical (unpaired) electrons. The Labute approximate surface area is 192 Å². The molecule has 3 aromatic rings. The van der Waals surface area contributed by atoms with Crippen molar-refractivity contribution in [3.8, 4) is 0 Å². The first kappa shape index (κ1) is 24.5. The van der Waals surface area contributed by atoms with Crippen LogP contribution in [0, 0.1) is 0 Å². The van der Waals surface area contributed by atoms with Gasteiger partial charge in [-0.2, -0.15) is 4.31 Å². The van der Waals surface area contributed by atoms with Gasteiger partial charge in [0.1, 0.15) is 4.90 Å². The average Bonchev–Trinajstić information content (AvgIpc) is 2.79. The standard InChI is InChI=1S/C22H23N3O6S2/c1-23-32(28,29)20-9-7-17(8-10-20)15-25(33(30,31)21-6-3-11-24-14-21)16-19-5-2-4-18(12-19)13-22(26)27/h2-12,14,23H,13,15-16H2,1H3,(H,26,27). The van der Waals surface area contributed by atoms with Crippen molar-refractivity contribution < 1.29 is 26.7 Å². The molecule has 11 heteroatoms. The third-order valence-corrected chi connectivity index (χ3v) is 8.04. The van der Waals surface area contributed by atoms with Gasteiger partial charge in [-0.25, -0.2) is 21.6 Å². The maximum absolute atomic E-state index is 13.4. The van der Waals surface area contributed by atoms with E-state index in [1.165, 1.54) is 48.0 Å². The van der Waals surface area contributed by atoms with Crippen molar-refractivity contribution in [1.29, 1.82) is 0 Å². The molecule has 0 saturated heterocycles. The molecule has 0 aliphatic carbocycles. The highest BCUT2D eigenvalue weighted by Gasteiger charge is 2.25. The summed E-state index contributed by atoms with van der Waals surface area (Å²) in [6.45, 7) is -0.0402. The number of carbonyl (C=O) groups is 1. The minimum Gasteiger partial charge on any atom is -0.481 e. The van der Waals surface area contributed by atoms with E-state index in [4.69, 9.17) is 5.11 Å². The Morgan fingerprint density at radius 1 is 0.909 bits per heavy atom. The predicted molar refractivity (Wildman–Crippen MR) is 121 cm³/mol. The van der Waals surface area contributed by atoms with Crippen LogP contribution in [0.3, 0.4) is 0 Å². The molecule has 1 aromatic heterocycles. The maximum atomic E-state index is 13.4. The van der Waals surface area contributed by atoms with E-state index in [1.807, 2.05) is 0 Å². The molecule has 0 amide bonds. The van der Waals surface area contributed by atoms with Crippen LogP contribution >= 0.6 is 0 Å². The molecule has 2 aromatic carbocycles. The highest BCUT2D eigenvalue weighted by Crippen LogP contribution is 2.22. The number of benzene rings is 2. The summed E-state index contributed by atoms with van der Waals surface area (Å²) in [7, 11) is -6.26. The lowest BCUT2D eigenvalue weighted by molar-refractivity contribution is -0.136. The quantitative estimate of drug-likeness (QED) is 0.445. The number of hydrogen-bond acceptors (Lipinski definition) is 6. The number of pyridine rings is 1. The monoisotopic (exact) mass is 489 g/mol. The Bertz CT molecular complexity index is 1330. The van der Waals surface area contributed by atoms with Crippen molar-refractivity contribution in [3.63, 3.8) is 0 Å². The van der Waals surface area contributed by atoms with E-state index in [9.17, 15) is 21.6 Å².